The molecule has 4 aromatic rings. The molecular formula is C23H23N9O2. The average Bonchev–Trinajstić information content (AvgIpc) is 3.10. The minimum atomic E-state index is -0.0403. The van der Waals surface area contributed by atoms with Gasteiger partial charge >= 0.3 is 0 Å². The molecule has 0 atom stereocenters. The number of nitrogen functional groups attached to an aromatic ring is 1. The van der Waals surface area contributed by atoms with Gasteiger partial charge in [-0.05, 0) is 30.0 Å². The fraction of sp³-hybridized carbons (Fsp3) is 0.261. The first-order valence-electron chi connectivity index (χ1n) is 11.1. The Labute approximate surface area is 194 Å². The second kappa shape index (κ2) is 7.87. The van der Waals surface area contributed by atoms with Crippen molar-refractivity contribution in [2.24, 2.45) is 0 Å². The van der Waals surface area contributed by atoms with Crippen molar-refractivity contribution in [3.63, 3.8) is 0 Å². The zero-order valence-electron chi connectivity index (χ0n) is 18.6. The number of carbonyl (C=O) groups excluding carboxylic acids is 1. The molecule has 0 unspecified atom stereocenters. The van der Waals surface area contributed by atoms with Gasteiger partial charge in [0.05, 0.1) is 5.69 Å². The van der Waals surface area contributed by atoms with E-state index in [1.165, 1.54) is 0 Å². The Morgan fingerprint density at radius 2 is 2.03 bits per heavy atom. The minimum Gasteiger partial charge on any atom is -0.474 e. The van der Waals surface area contributed by atoms with E-state index in [-0.39, 0.29) is 12.5 Å². The Balaban J connectivity index is 1.35. The lowest BCUT2D eigenvalue weighted by molar-refractivity contribution is -0.121. The maximum absolute atomic E-state index is 11.8. The number of nitrogens with one attached hydrogen (secondary N) is 3. The van der Waals surface area contributed by atoms with Gasteiger partial charge in [-0.15, -0.1) is 0 Å². The number of nitrogens with two attached hydrogens (primary N) is 1. The van der Waals surface area contributed by atoms with E-state index in [0.717, 1.165) is 51.9 Å². The number of amides is 1. The predicted octanol–water partition coefficient (Wildman–Crippen LogP) is 2.00. The predicted molar refractivity (Wildman–Crippen MR) is 128 cm³/mol. The molecule has 2 aliphatic rings. The Kier molecular flexibility index (Phi) is 4.68. The third-order valence-electron chi connectivity index (χ3n) is 6.08. The van der Waals surface area contributed by atoms with Crippen LogP contribution in [0.2, 0.25) is 0 Å². The molecule has 0 spiro atoms. The van der Waals surface area contributed by atoms with E-state index in [1.54, 1.807) is 17.1 Å². The van der Waals surface area contributed by atoms with Crippen LogP contribution in [0.3, 0.4) is 0 Å². The number of fused-ring (bicyclic) bond motifs is 3. The van der Waals surface area contributed by atoms with E-state index in [0.29, 0.717) is 36.5 Å². The number of rotatable bonds is 3. The quantitative estimate of drug-likeness (QED) is 0.363. The molecule has 172 valence electrons. The summed E-state index contributed by atoms with van der Waals surface area (Å²) in [6.45, 7) is 4.15. The molecule has 0 aromatic carbocycles. The Bertz CT molecular complexity index is 1450. The van der Waals surface area contributed by atoms with Gasteiger partial charge in [0.15, 0.2) is 5.82 Å². The third kappa shape index (κ3) is 3.51. The summed E-state index contributed by atoms with van der Waals surface area (Å²) < 4.78 is 7.36. The van der Waals surface area contributed by atoms with Gasteiger partial charge in [-0.3, -0.25) is 9.48 Å². The summed E-state index contributed by atoms with van der Waals surface area (Å²) in [4.78, 5) is 25.4. The standard InChI is InChI=1S/C23H23N9O2/c1-12-15(9-28-23-21(12)26-4-5-34-23)17-6-13-7-18(27-10-16(13)22(24)29-17)30-19-8-14-2-3-25-20(33)11-32(14)31-19/h6-10,26H,2-5,11H2,1H3,(H2,24,29)(H,25,33)(H,27,30,31). The number of anilines is 4. The largest absolute Gasteiger partial charge is 0.474 e. The summed E-state index contributed by atoms with van der Waals surface area (Å²) in [5.74, 6) is 2.22. The lowest BCUT2D eigenvalue weighted by Crippen LogP contribution is -2.25. The highest BCUT2D eigenvalue weighted by Crippen LogP contribution is 2.36. The molecule has 6 rings (SSSR count). The molecule has 11 nitrogen and oxygen atoms in total. The van der Waals surface area contributed by atoms with Crippen LogP contribution in [0.1, 0.15) is 11.3 Å². The highest BCUT2D eigenvalue weighted by Gasteiger charge is 2.19. The molecular weight excluding hydrogens is 434 g/mol. The average molecular weight is 457 g/mol. The maximum Gasteiger partial charge on any atom is 0.241 e. The molecule has 0 bridgehead atoms. The third-order valence-corrected chi connectivity index (χ3v) is 6.08. The molecule has 0 saturated carbocycles. The molecule has 34 heavy (non-hydrogen) atoms. The summed E-state index contributed by atoms with van der Waals surface area (Å²) in [5, 5.41) is 15.6. The second-order valence-corrected chi connectivity index (χ2v) is 8.34. The molecule has 0 aliphatic carbocycles. The van der Waals surface area contributed by atoms with E-state index >= 15 is 0 Å². The molecule has 6 heterocycles. The van der Waals surface area contributed by atoms with Gasteiger partial charge in [0.1, 0.15) is 30.5 Å². The van der Waals surface area contributed by atoms with Crippen molar-refractivity contribution in [2.75, 3.05) is 36.1 Å². The Hall–Kier alpha value is -4.41. The number of pyridine rings is 3. The zero-order valence-corrected chi connectivity index (χ0v) is 18.6. The van der Waals surface area contributed by atoms with Crippen LogP contribution < -0.4 is 26.4 Å². The molecule has 11 heteroatoms. The van der Waals surface area contributed by atoms with E-state index in [9.17, 15) is 4.79 Å². The monoisotopic (exact) mass is 457 g/mol. The van der Waals surface area contributed by atoms with Gasteiger partial charge < -0.3 is 26.4 Å². The molecule has 0 saturated heterocycles. The van der Waals surface area contributed by atoms with Gasteiger partial charge in [-0.2, -0.15) is 5.10 Å². The van der Waals surface area contributed by atoms with Crippen molar-refractivity contribution >= 4 is 39.8 Å². The topological polar surface area (TPSA) is 145 Å². The van der Waals surface area contributed by atoms with Crippen LogP contribution in [0.4, 0.5) is 23.1 Å². The van der Waals surface area contributed by atoms with Crippen molar-refractivity contribution in [1.29, 1.82) is 0 Å². The Morgan fingerprint density at radius 3 is 2.94 bits per heavy atom. The fourth-order valence-corrected chi connectivity index (χ4v) is 4.37. The van der Waals surface area contributed by atoms with Crippen LogP contribution in [0.25, 0.3) is 22.0 Å². The summed E-state index contributed by atoms with van der Waals surface area (Å²) in [6, 6.07) is 5.83. The lowest BCUT2D eigenvalue weighted by atomic mass is 10.0. The van der Waals surface area contributed by atoms with Crippen molar-refractivity contribution in [3.8, 4) is 17.1 Å². The van der Waals surface area contributed by atoms with Crippen LogP contribution in [0.5, 0.6) is 5.88 Å². The summed E-state index contributed by atoms with van der Waals surface area (Å²) in [6.07, 6.45) is 4.19. The molecule has 4 aromatic heterocycles. The van der Waals surface area contributed by atoms with E-state index in [1.807, 2.05) is 25.1 Å². The van der Waals surface area contributed by atoms with Gasteiger partial charge in [0, 0.05) is 54.6 Å². The first kappa shape index (κ1) is 20.2. The van der Waals surface area contributed by atoms with Crippen LogP contribution in [0, 0.1) is 6.92 Å². The number of hydrogen-bond donors (Lipinski definition) is 4. The molecule has 0 fully saturated rings. The summed E-state index contributed by atoms with van der Waals surface area (Å²) >= 11 is 0. The van der Waals surface area contributed by atoms with Gasteiger partial charge in [-0.1, -0.05) is 0 Å². The van der Waals surface area contributed by atoms with Crippen LogP contribution in [-0.2, 0) is 17.8 Å². The van der Waals surface area contributed by atoms with Crippen LogP contribution in [-0.4, -0.2) is 50.3 Å². The van der Waals surface area contributed by atoms with Gasteiger partial charge in [0.2, 0.25) is 11.8 Å². The number of aromatic nitrogens is 5. The highest BCUT2D eigenvalue weighted by molar-refractivity contribution is 5.95. The zero-order chi connectivity index (χ0) is 23.2. The highest BCUT2D eigenvalue weighted by atomic mass is 16.5. The van der Waals surface area contributed by atoms with Crippen molar-refractivity contribution in [3.05, 3.63) is 41.9 Å². The smallest absolute Gasteiger partial charge is 0.241 e. The van der Waals surface area contributed by atoms with Crippen molar-refractivity contribution in [2.45, 2.75) is 19.9 Å². The van der Waals surface area contributed by atoms with E-state index < -0.39 is 0 Å². The number of hydrogen-bond acceptors (Lipinski definition) is 9. The first-order valence-corrected chi connectivity index (χ1v) is 11.1. The normalized spacial score (nSPS) is 14.9. The maximum atomic E-state index is 11.8. The lowest BCUT2D eigenvalue weighted by Gasteiger charge is -2.21. The van der Waals surface area contributed by atoms with E-state index in [4.69, 9.17) is 10.5 Å². The number of ether oxygens (including phenoxy) is 1. The summed E-state index contributed by atoms with van der Waals surface area (Å²) in [7, 11) is 0. The molecule has 0 radical (unpaired) electrons. The van der Waals surface area contributed by atoms with E-state index in [2.05, 4.69) is 36.0 Å². The number of carbonyl (C=O) groups is 1. The second-order valence-electron chi connectivity index (χ2n) is 8.34. The molecule has 2 aliphatic heterocycles. The molecule has 1 amide bonds. The van der Waals surface area contributed by atoms with Crippen LogP contribution in [0.15, 0.2) is 30.6 Å². The van der Waals surface area contributed by atoms with Crippen LogP contribution >= 0.6 is 0 Å². The fourth-order valence-electron chi connectivity index (χ4n) is 4.37. The summed E-state index contributed by atoms with van der Waals surface area (Å²) in [5.41, 5.74) is 10.8. The first-order chi connectivity index (χ1) is 16.5. The minimum absolute atomic E-state index is 0.0403. The Morgan fingerprint density at radius 1 is 1.12 bits per heavy atom. The van der Waals surface area contributed by atoms with Gasteiger partial charge in [0.25, 0.3) is 0 Å². The SMILES string of the molecule is Cc1c(-c2cc3cc(Nc4cc5n(n4)CC(=O)NCC5)ncc3c(N)n2)cnc2c1NCCO2. The van der Waals surface area contributed by atoms with Crippen molar-refractivity contribution < 1.29 is 9.53 Å². The molecule has 5 N–H and O–H groups in total. The van der Waals surface area contributed by atoms with Crippen molar-refractivity contribution in [1.82, 2.24) is 30.0 Å². The van der Waals surface area contributed by atoms with Gasteiger partial charge in [-0.25, -0.2) is 15.0 Å². The number of nitrogens with zero attached hydrogens (tertiary/aromatic N) is 5.